The van der Waals surface area contributed by atoms with E-state index in [1.807, 2.05) is 31.2 Å². The molecule has 178 valence electrons. The summed E-state index contributed by atoms with van der Waals surface area (Å²) in [4.78, 5) is 29.8. The quantitative estimate of drug-likeness (QED) is 0.574. The summed E-state index contributed by atoms with van der Waals surface area (Å²) >= 11 is 1.58. The van der Waals surface area contributed by atoms with Crippen LogP contribution in [0, 0.1) is 5.92 Å². The second-order valence-electron chi connectivity index (χ2n) is 9.21. The van der Waals surface area contributed by atoms with E-state index in [2.05, 4.69) is 22.5 Å². The van der Waals surface area contributed by atoms with Crippen molar-refractivity contribution >= 4 is 33.8 Å². The van der Waals surface area contributed by atoms with Gasteiger partial charge in [-0.2, -0.15) is 0 Å². The highest BCUT2D eigenvalue weighted by molar-refractivity contribution is 7.17. The Hall–Kier alpha value is -2.38. The van der Waals surface area contributed by atoms with E-state index in [1.165, 1.54) is 17.7 Å². The number of carbonyl (C=O) groups excluding carboxylic acids is 2. The number of carbonyl (C=O) groups is 2. The number of amides is 2. The fourth-order valence-corrected chi connectivity index (χ4v) is 6.16. The van der Waals surface area contributed by atoms with Crippen molar-refractivity contribution in [1.29, 1.82) is 0 Å². The number of likely N-dealkylation sites (tertiary alicyclic amines) is 1. The average molecular weight is 470 g/mol. The zero-order valence-corrected chi connectivity index (χ0v) is 20.6. The van der Waals surface area contributed by atoms with Crippen LogP contribution in [0.15, 0.2) is 24.3 Å². The van der Waals surface area contributed by atoms with Crippen LogP contribution in [0.1, 0.15) is 66.8 Å². The molecular weight excluding hydrogens is 434 g/mol. The van der Waals surface area contributed by atoms with Crippen LogP contribution in [0.25, 0.3) is 0 Å². The van der Waals surface area contributed by atoms with E-state index in [9.17, 15) is 9.59 Å². The number of nitrogens with one attached hydrogen (secondary N) is 2. The molecule has 1 atom stereocenters. The molecule has 1 unspecified atom stereocenters. The van der Waals surface area contributed by atoms with E-state index in [1.54, 1.807) is 11.3 Å². The number of fused-ring (bicyclic) bond motifs is 1. The summed E-state index contributed by atoms with van der Waals surface area (Å²) in [5, 5.41) is 6.82. The van der Waals surface area contributed by atoms with E-state index in [4.69, 9.17) is 4.74 Å². The lowest BCUT2D eigenvalue weighted by Crippen LogP contribution is -2.34. The van der Waals surface area contributed by atoms with Crippen LogP contribution in [0.2, 0.25) is 0 Å². The SMILES string of the molecule is CCOc1ccc(NC(=O)c2c(NC(=O)CN3CCCCCC3)sc3c2CCC(C)C3)cc1. The van der Waals surface area contributed by atoms with Crippen molar-refractivity contribution in [2.75, 3.05) is 36.9 Å². The first kappa shape index (κ1) is 23.8. The third-order valence-electron chi connectivity index (χ3n) is 6.48. The highest BCUT2D eigenvalue weighted by atomic mass is 32.1. The summed E-state index contributed by atoms with van der Waals surface area (Å²) in [5.74, 6) is 1.19. The summed E-state index contributed by atoms with van der Waals surface area (Å²) in [7, 11) is 0. The number of rotatable bonds is 7. The third kappa shape index (κ3) is 6.15. The predicted molar refractivity (Wildman–Crippen MR) is 135 cm³/mol. The third-order valence-corrected chi connectivity index (χ3v) is 7.65. The number of hydrogen-bond acceptors (Lipinski definition) is 5. The molecule has 1 aliphatic heterocycles. The number of ether oxygens (including phenoxy) is 1. The molecule has 1 fully saturated rings. The van der Waals surface area contributed by atoms with Gasteiger partial charge in [0.2, 0.25) is 5.91 Å². The van der Waals surface area contributed by atoms with E-state index < -0.39 is 0 Å². The fraction of sp³-hybridized carbons (Fsp3) is 0.538. The van der Waals surface area contributed by atoms with Gasteiger partial charge in [-0.25, -0.2) is 0 Å². The van der Waals surface area contributed by atoms with Crippen LogP contribution in [0.3, 0.4) is 0 Å². The van der Waals surface area contributed by atoms with Crippen LogP contribution < -0.4 is 15.4 Å². The monoisotopic (exact) mass is 469 g/mol. The molecule has 2 aromatic rings. The van der Waals surface area contributed by atoms with Gasteiger partial charge in [0.1, 0.15) is 10.8 Å². The normalized spacial score (nSPS) is 18.8. The van der Waals surface area contributed by atoms with Crippen molar-refractivity contribution in [3.8, 4) is 5.75 Å². The Kier molecular flexibility index (Phi) is 8.04. The van der Waals surface area contributed by atoms with Gasteiger partial charge in [-0.15, -0.1) is 11.3 Å². The Morgan fingerprint density at radius 1 is 1.09 bits per heavy atom. The van der Waals surface area contributed by atoms with E-state index >= 15 is 0 Å². The predicted octanol–water partition coefficient (Wildman–Crippen LogP) is 5.34. The molecule has 0 bridgehead atoms. The number of hydrogen-bond donors (Lipinski definition) is 2. The van der Waals surface area contributed by atoms with Crippen LogP contribution in [0.5, 0.6) is 5.75 Å². The highest BCUT2D eigenvalue weighted by Gasteiger charge is 2.28. The number of anilines is 2. The first-order chi connectivity index (χ1) is 16.0. The Labute approximate surface area is 200 Å². The molecule has 2 amide bonds. The molecule has 7 heteroatoms. The second-order valence-corrected chi connectivity index (χ2v) is 10.3. The summed E-state index contributed by atoms with van der Waals surface area (Å²) < 4.78 is 5.49. The largest absolute Gasteiger partial charge is 0.494 e. The Balaban J connectivity index is 1.51. The first-order valence-electron chi connectivity index (χ1n) is 12.2. The zero-order valence-electron chi connectivity index (χ0n) is 19.7. The molecule has 2 aliphatic rings. The zero-order chi connectivity index (χ0) is 23.2. The van der Waals surface area contributed by atoms with E-state index in [-0.39, 0.29) is 11.8 Å². The fourth-order valence-electron chi connectivity index (χ4n) is 4.74. The first-order valence-corrected chi connectivity index (χ1v) is 13.1. The molecule has 1 aliphatic carbocycles. The van der Waals surface area contributed by atoms with Gasteiger partial charge in [-0.1, -0.05) is 19.8 Å². The van der Waals surface area contributed by atoms with Gasteiger partial charge in [0, 0.05) is 10.6 Å². The van der Waals surface area contributed by atoms with Gasteiger partial charge in [0.05, 0.1) is 18.7 Å². The smallest absolute Gasteiger partial charge is 0.258 e. The second kappa shape index (κ2) is 11.2. The van der Waals surface area contributed by atoms with Crippen molar-refractivity contribution in [2.45, 2.75) is 58.8 Å². The van der Waals surface area contributed by atoms with Crippen LogP contribution in [-0.4, -0.2) is 43.0 Å². The lowest BCUT2D eigenvalue weighted by Gasteiger charge is -2.19. The van der Waals surface area contributed by atoms with E-state index in [0.29, 0.717) is 29.6 Å². The Morgan fingerprint density at radius 2 is 1.82 bits per heavy atom. The molecule has 4 rings (SSSR count). The van der Waals surface area contributed by atoms with Gasteiger partial charge >= 0.3 is 0 Å². The Morgan fingerprint density at radius 3 is 2.52 bits per heavy atom. The van der Waals surface area contributed by atoms with E-state index in [0.717, 1.165) is 62.2 Å². The molecule has 0 radical (unpaired) electrons. The highest BCUT2D eigenvalue weighted by Crippen LogP contribution is 2.40. The topological polar surface area (TPSA) is 70.7 Å². The average Bonchev–Trinajstić information content (AvgIpc) is 2.94. The number of benzene rings is 1. The van der Waals surface area contributed by atoms with Crippen molar-refractivity contribution in [2.24, 2.45) is 5.92 Å². The summed E-state index contributed by atoms with van der Waals surface area (Å²) in [6, 6.07) is 7.41. The molecule has 1 aromatic carbocycles. The maximum Gasteiger partial charge on any atom is 0.258 e. The van der Waals surface area contributed by atoms with Crippen molar-refractivity contribution in [1.82, 2.24) is 4.90 Å². The summed E-state index contributed by atoms with van der Waals surface area (Å²) in [5.41, 5.74) is 2.46. The molecule has 0 spiro atoms. The Bertz CT molecular complexity index is 962. The molecule has 6 nitrogen and oxygen atoms in total. The minimum atomic E-state index is -0.156. The van der Waals surface area contributed by atoms with Crippen molar-refractivity contribution in [3.63, 3.8) is 0 Å². The van der Waals surface area contributed by atoms with Crippen LogP contribution in [0.4, 0.5) is 10.7 Å². The van der Waals surface area contributed by atoms with Crippen molar-refractivity contribution < 1.29 is 14.3 Å². The van der Waals surface area contributed by atoms with Gasteiger partial charge < -0.3 is 15.4 Å². The summed E-state index contributed by atoms with van der Waals surface area (Å²) in [6.07, 6.45) is 7.68. The molecule has 1 aromatic heterocycles. The van der Waals surface area contributed by atoms with Crippen LogP contribution in [-0.2, 0) is 17.6 Å². The molecule has 33 heavy (non-hydrogen) atoms. The minimum Gasteiger partial charge on any atom is -0.494 e. The van der Waals surface area contributed by atoms with Gasteiger partial charge in [0.15, 0.2) is 0 Å². The lowest BCUT2D eigenvalue weighted by atomic mass is 9.88. The molecular formula is C26H35N3O3S. The molecule has 0 saturated carbocycles. The van der Waals surface area contributed by atoms with Crippen molar-refractivity contribution in [3.05, 3.63) is 40.3 Å². The molecule has 1 saturated heterocycles. The standard InChI is InChI=1S/C26H35N3O3S/c1-3-32-20-11-9-19(10-12-20)27-25(31)24-21-13-8-18(2)16-22(21)33-26(24)28-23(30)17-29-14-6-4-5-7-15-29/h9-12,18H,3-8,13-17H2,1-2H3,(H,27,31)(H,28,30). The van der Waals surface area contributed by atoms with Gasteiger partial charge in [-0.05, 0) is 87.9 Å². The number of nitrogens with zero attached hydrogens (tertiary/aromatic N) is 1. The molecule has 2 N–H and O–H groups in total. The van der Waals surface area contributed by atoms with Gasteiger partial charge in [-0.3, -0.25) is 14.5 Å². The number of thiophene rings is 1. The lowest BCUT2D eigenvalue weighted by molar-refractivity contribution is -0.117. The maximum atomic E-state index is 13.4. The minimum absolute atomic E-state index is 0.0290. The maximum absolute atomic E-state index is 13.4. The summed E-state index contributed by atoms with van der Waals surface area (Å²) in [6.45, 7) is 7.12. The molecule has 2 heterocycles. The van der Waals surface area contributed by atoms with Gasteiger partial charge in [0.25, 0.3) is 5.91 Å². The van der Waals surface area contributed by atoms with Crippen LogP contribution >= 0.6 is 11.3 Å².